The van der Waals surface area contributed by atoms with Crippen molar-refractivity contribution >= 4 is 17.7 Å². The number of Topliss-reactive ketones (excluding diaryl/α,β-unsaturated/α-hetero) is 1. The van der Waals surface area contributed by atoms with Crippen molar-refractivity contribution in [2.45, 2.75) is 32.7 Å². The molecule has 1 aliphatic heterocycles. The van der Waals surface area contributed by atoms with Gasteiger partial charge < -0.3 is 10.0 Å². The molecule has 5 heteroatoms. The van der Waals surface area contributed by atoms with Crippen LogP contribution in [0.3, 0.4) is 0 Å². The van der Waals surface area contributed by atoms with Gasteiger partial charge in [0.15, 0.2) is 5.78 Å². The lowest BCUT2D eigenvalue weighted by Gasteiger charge is -2.21. The Balaban J connectivity index is 2.32. The highest BCUT2D eigenvalue weighted by molar-refractivity contribution is 6.01. The Morgan fingerprint density at radius 1 is 1.30 bits per heavy atom. The van der Waals surface area contributed by atoms with Gasteiger partial charge in [-0.3, -0.25) is 9.59 Å². The number of nitrogens with zero attached hydrogens (tertiary/aromatic N) is 1. The topological polar surface area (TPSA) is 74.7 Å². The highest BCUT2D eigenvalue weighted by Crippen LogP contribution is 2.21. The molecule has 1 atom stereocenters. The maximum absolute atomic E-state index is 12.4. The normalized spacial score (nSPS) is 18.1. The Morgan fingerprint density at radius 3 is 2.60 bits per heavy atom. The Hall–Kier alpha value is -2.17. The van der Waals surface area contributed by atoms with Gasteiger partial charge in [-0.1, -0.05) is 6.07 Å². The summed E-state index contributed by atoms with van der Waals surface area (Å²) in [7, 11) is 0. The van der Waals surface area contributed by atoms with Gasteiger partial charge in [0, 0.05) is 17.7 Å². The average molecular weight is 275 g/mol. The molecule has 0 saturated carbocycles. The highest BCUT2D eigenvalue weighted by atomic mass is 16.4. The van der Waals surface area contributed by atoms with E-state index in [4.69, 9.17) is 5.11 Å². The van der Waals surface area contributed by atoms with E-state index in [1.54, 1.807) is 25.1 Å². The minimum atomic E-state index is -0.977. The molecule has 1 amide bonds. The van der Waals surface area contributed by atoms with Gasteiger partial charge in [-0.2, -0.15) is 0 Å². The number of benzene rings is 1. The average Bonchev–Trinajstić information content (AvgIpc) is 2.87. The lowest BCUT2D eigenvalue weighted by atomic mass is 10.0. The predicted molar refractivity (Wildman–Crippen MR) is 72.9 cm³/mol. The quantitative estimate of drug-likeness (QED) is 0.855. The Morgan fingerprint density at radius 2 is 2.00 bits per heavy atom. The summed E-state index contributed by atoms with van der Waals surface area (Å²) >= 11 is 0. The fraction of sp³-hybridized carbons (Fsp3) is 0.400. The van der Waals surface area contributed by atoms with Crippen LogP contribution in [0.5, 0.6) is 0 Å². The SMILES string of the molecule is CC(=O)c1cc(C(=O)N2CCC[C@@H]2C(=O)O)ccc1C. The van der Waals surface area contributed by atoms with Crippen LogP contribution in [-0.2, 0) is 4.79 Å². The standard InChI is InChI=1S/C15H17NO4/c1-9-5-6-11(8-12(9)10(2)17)14(18)16-7-3-4-13(16)15(19)20/h5-6,8,13H,3-4,7H2,1-2H3,(H,19,20)/t13-/m1/s1. The summed E-state index contributed by atoms with van der Waals surface area (Å²) < 4.78 is 0. The van der Waals surface area contributed by atoms with Gasteiger partial charge >= 0.3 is 5.97 Å². The van der Waals surface area contributed by atoms with E-state index in [-0.39, 0.29) is 11.7 Å². The minimum absolute atomic E-state index is 0.103. The number of hydrogen-bond donors (Lipinski definition) is 1. The molecular weight excluding hydrogens is 258 g/mol. The predicted octanol–water partition coefficient (Wildman–Crippen LogP) is 1.89. The molecule has 0 unspecified atom stereocenters. The van der Waals surface area contributed by atoms with Crippen LogP contribution >= 0.6 is 0 Å². The summed E-state index contributed by atoms with van der Waals surface area (Å²) in [6, 6.07) is 4.15. The fourth-order valence-electron chi connectivity index (χ4n) is 2.57. The fourth-order valence-corrected chi connectivity index (χ4v) is 2.57. The molecule has 1 aliphatic rings. The number of carboxylic acid groups (broad SMARTS) is 1. The maximum Gasteiger partial charge on any atom is 0.326 e. The van der Waals surface area contributed by atoms with Crippen molar-refractivity contribution in [1.29, 1.82) is 0 Å². The van der Waals surface area contributed by atoms with Crippen molar-refractivity contribution in [2.75, 3.05) is 6.54 Å². The highest BCUT2D eigenvalue weighted by Gasteiger charge is 2.34. The number of carbonyl (C=O) groups excluding carboxylic acids is 2. The number of aliphatic carboxylic acids is 1. The molecule has 5 nitrogen and oxygen atoms in total. The van der Waals surface area contributed by atoms with Crippen LogP contribution in [0, 0.1) is 6.92 Å². The molecule has 0 aliphatic carbocycles. The lowest BCUT2D eigenvalue weighted by Crippen LogP contribution is -2.40. The second-order valence-corrected chi connectivity index (χ2v) is 5.08. The third-order valence-corrected chi connectivity index (χ3v) is 3.66. The second-order valence-electron chi connectivity index (χ2n) is 5.08. The third-order valence-electron chi connectivity index (χ3n) is 3.66. The molecule has 20 heavy (non-hydrogen) atoms. The van der Waals surface area contributed by atoms with Crippen molar-refractivity contribution in [3.63, 3.8) is 0 Å². The minimum Gasteiger partial charge on any atom is -0.480 e. The molecule has 2 rings (SSSR count). The Bertz CT molecular complexity index is 579. The zero-order valence-electron chi connectivity index (χ0n) is 11.5. The first-order valence-electron chi connectivity index (χ1n) is 6.57. The first-order valence-corrected chi connectivity index (χ1v) is 6.57. The summed E-state index contributed by atoms with van der Waals surface area (Å²) in [6.45, 7) is 3.70. The van der Waals surface area contributed by atoms with E-state index in [0.29, 0.717) is 30.5 Å². The molecule has 1 N–H and O–H groups in total. The lowest BCUT2D eigenvalue weighted by molar-refractivity contribution is -0.141. The number of carboxylic acids is 1. The van der Waals surface area contributed by atoms with E-state index in [1.807, 2.05) is 0 Å². The maximum atomic E-state index is 12.4. The van der Waals surface area contributed by atoms with Gasteiger partial charge in [0.25, 0.3) is 5.91 Å². The van der Waals surface area contributed by atoms with Crippen LogP contribution in [0.2, 0.25) is 0 Å². The third kappa shape index (κ3) is 2.57. The van der Waals surface area contributed by atoms with Gasteiger partial charge in [-0.15, -0.1) is 0 Å². The van der Waals surface area contributed by atoms with E-state index >= 15 is 0 Å². The van der Waals surface area contributed by atoms with E-state index in [2.05, 4.69) is 0 Å². The molecule has 0 aromatic heterocycles. The van der Waals surface area contributed by atoms with E-state index in [1.165, 1.54) is 11.8 Å². The van der Waals surface area contributed by atoms with Crippen LogP contribution in [0.15, 0.2) is 18.2 Å². The first kappa shape index (κ1) is 14.2. The number of hydrogen-bond acceptors (Lipinski definition) is 3. The van der Waals surface area contributed by atoms with Crippen LogP contribution < -0.4 is 0 Å². The smallest absolute Gasteiger partial charge is 0.326 e. The van der Waals surface area contributed by atoms with Gasteiger partial charge in [0.05, 0.1) is 0 Å². The Labute approximate surface area is 117 Å². The number of amides is 1. The van der Waals surface area contributed by atoms with E-state index in [0.717, 1.165) is 5.56 Å². The molecule has 1 aromatic rings. The molecular formula is C15H17NO4. The number of rotatable bonds is 3. The molecule has 1 fully saturated rings. The van der Waals surface area contributed by atoms with Crippen molar-refractivity contribution in [3.8, 4) is 0 Å². The monoisotopic (exact) mass is 275 g/mol. The summed E-state index contributed by atoms with van der Waals surface area (Å²) in [5, 5.41) is 9.12. The molecule has 1 aromatic carbocycles. The van der Waals surface area contributed by atoms with Crippen LogP contribution in [-0.4, -0.2) is 40.3 Å². The van der Waals surface area contributed by atoms with E-state index < -0.39 is 12.0 Å². The first-order chi connectivity index (χ1) is 9.41. The summed E-state index contributed by atoms with van der Waals surface area (Å²) in [5.74, 6) is -1.40. The zero-order valence-corrected chi connectivity index (χ0v) is 11.5. The van der Waals surface area contributed by atoms with Gasteiger partial charge in [0.2, 0.25) is 0 Å². The van der Waals surface area contributed by atoms with Crippen molar-refractivity contribution in [3.05, 3.63) is 34.9 Å². The zero-order chi connectivity index (χ0) is 14.9. The summed E-state index contributed by atoms with van der Waals surface area (Å²) in [6.07, 6.45) is 1.17. The number of likely N-dealkylation sites (tertiary alicyclic amines) is 1. The van der Waals surface area contributed by atoms with Crippen LogP contribution in [0.25, 0.3) is 0 Å². The van der Waals surface area contributed by atoms with Crippen molar-refractivity contribution < 1.29 is 19.5 Å². The van der Waals surface area contributed by atoms with Gasteiger partial charge in [-0.25, -0.2) is 4.79 Å². The molecule has 1 saturated heterocycles. The molecule has 1 heterocycles. The summed E-state index contributed by atoms with van der Waals surface area (Å²) in [4.78, 5) is 36.4. The van der Waals surface area contributed by atoms with E-state index in [9.17, 15) is 14.4 Å². The molecule has 106 valence electrons. The number of ketones is 1. The molecule has 0 bridgehead atoms. The van der Waals surface area contributed by atoms with Crippen molar-refractivity contribution in [2.24, 2.45) is 0 Å². The second kappa shape index (κ2) is 5.45. The van der Waals surface area contributed by atoms with Crippen LogP contribution in [0.4, 0.5) is 0 Å². The van der Waals surface area contributed by atoms with Crippen LogP contribution in [0.1, 0.15) is 46.0 Å². The Kier molecular flexibility index (Phi) is 3.88. The number of aryl methyl sites for hydroxylation is 1. The van der Waals surface area contributed by atoms with Gasteiger partial charge in [0.1, 0.15) is 6.04 Å². The van der Waals surface area contributed by atoms with Gasteiger partial charge in [-0.05, 0) is 44.4 Å². The molecule has 0 radical (unpaired) electrons. The summed E-state index contributed by atoms with van der Waals surface area (Å²) in [5.41, 5.74) is 1.68. The molecule has 0 spiro atoms. The number of carbonyl (C=O) groups is 3. The largest absolute Gasteiger partial charge is 0.480 e. The van der Waals surface area contributed by atoms with Crippen molar-refractivity contribution in [1.82, 2.24) is 4.90 Å².